The Labute approximate surface area is 211 Å². The Bertz CT molecular complexity index is 1020. The number of ether oxygens (including phenoxy) is 3. The number of esters is 2. The Morgan fingerprint density at radius 1 is 1.00 bits per heavy atom. The fraction of sp³-hybridized carbons (Fsp3) is 0.538. The molecule has 4 aliphatic heterocycles. The molecule has 3 fully saturated rings. The van der Waals surface area contributed by atoms with Crippen molar-refractivity contribution < 1.29 is 28.6 Å². The van der Waals surface area contributed by atoms with Gasteiger partial charge in [0, 0.05) is 33.0 Å². The maximum Gasteiger partial charge on any atom is 0.352 e. The number of hydrogen-bond acceptors (Lipinski definition) is 10. The standard InChI is InChI=1S/C26H34N4O6/c1-26(2)35-24(31)22(25(32)36-26)23(28-15-11-19(12-16-28)27-13-7-8-14-27)30(20-9-5-4-6-10-20)21-17-29(33-3)18-34-21/h4-6,9-10,17,19H,7-8,11-16,18H2,1-3H3. The van der Waals surface area contributed by atoms with Gasteiger partial charge in [-0.05, 0) is 50.9 Å². The molecule has 0 aromatic heterocycles. The number of para-hydroxylation sites is 1. The molecule has 0 saturated carbocycles. The number of benzene rings is 1. The molecule has 0 aliphatic carbocycles. The van der Waals surface area contributed by atoms with Gasteiger partial charge >= 0.3 is 11.9 Å². The molecule has 4 aliphatic rings. The van der Waals surface area contributed by atoms with Gasteiger partial charge in [-0.2, -0.15) is 0 Å². The van der Waals surface area contributed by atoms with Gasteiger partial charge in [-0.1, -0.05) is 18.2 Å². The quantitative estimate of drug-likeness (QED) is 0.332. The maximum absolute atomic E-state index is 13.3. The van der Waals surface area contributed by atoms with Gasteiger partial charge in [-0.25, -0.2) is 14.7 Å². The van der Waals surface area contributed by atoms with E-state index in [1.54, 1.807) is 32.1 Å². The Morgan fingerprint density at radius 2 is 1.64 bits per heavy atom. The highest BCUT2D eigenvalue weighted by atomic mass is 16.7. The number of hydroxylamine groups is 2. The number of carbonyl (C=O) groups is 2. The van der Waals surface area contributed by atoms with Crippen LogP contribution in [0.15, 0.2) is 53.8 Å². The average molecular weight is 499 g/mol. The van der Waals surface area contributed by atoms with Gasteiger partial charge < -0.3 is 24.0 Å². The van der Waals surface area contributed by atoms with Crippen LogP contribution in [0.2, 0.25) is 0 Å². The number of piperidine rings is 1. The molecule has 36 heavy (non-hydrogen) atoms. The van der Waals surface area contributed by atoms with Crippen LogP contribution in [0.5, 0.6) is 0 Å². The van der Waals surface area contributed by atoms with Crippen molar-refractivity contribution in [1.29, 1.82) is 0 Å². The molecule has 3 saturated heterocycles. The number of carbonyl (C=O) groups excluding carboxylic acids is 2. The van der Waals surface area contributed by atoms with E-state index in [1.165, 1.54) is 17.9 Å². The number of likely N-dealkylation sites (tertiary alicyclic amines) is 2. The van der Waals surface area contributed by atoms with E-state index in [2.05, 4.69) is 9.80 Å². The van der Waals surface area contributed by atoms with Crippen molar-refractivity contribution in [3.8, 4) is 0 Å². The first-order valence-electron chi connectivity index (χ1n) is 12.6. The summed E-state index contributed by atoms with van der Waals surface area (Å²) in [5.41, 5.74) is 0.592. The topological polar surface area (TPSA) is 84.0 Å². The third-order valence-corrected chi connectivity index (χ3v) is 7.01. The second-order valence-electron chi connectivity index (χ2n) is 9.85. The van der Waals surface area contributed by atoms with Gasteiger partial charge in [-0.3, -0.25) is 9.74 Å². The third kappa shape index (κ3) is 4.87. The fourth-order valence-electron chi connectivity index (χ4n) is 5.28. The summed E-state index contributed by atoms with van der Waals surface area (Å²) in [5, 5.41) is 1.54. The lowest BCUT2D eigenvalue weighted by Gasteiger charge is -2.43. The summed E-state index contributed by atoms with van der Waals surface area (Å²) in [7, 11) is 1.55. The van der Waals surface area contributed by atoms with Gasteiger partial charge in [0.25, 0.3) is 5.79 Å². The molecule has 0 radical (unpaired) electrons. The molecule has 10 nitrogen and oxygen atoms in total. The highest BCUT2D eigenvalue weighted by Gasteiger charge is 2.45. The van der Waals surface area contributed by atoms with Crippen molar-refractivity contribution in [1.82, 2.24) is 14.9 Å². The Balaban J connectivity index is 1.57. The predicted molar refractivity (Wildman–Crippen MR) is 130 cm³/mol. The summed E-state index contributed by atoms with van der Waals surface area (Å²) in [4.78, 5) is 38.4. The van der Waals surface area contributed by atoms with E-state index in [0.717, 1.165) is 31.6 Å². The van der Waals surface area contributed by atoms with E-state index in [0.29, 0.717) is 30.8 Å². The zero-order chi connectivity index (χ0) is 25.3. The summed E-state index contributed by atoms with van der Waals surface area (Å²) < 4.78 is 17.0. The maximum atomic E-state index is 13.3. The monoisotopic (exact) mass is 498 g/mol. The minimum absolute atomic E-state index is 0.141. The normalized spacial score (nSPS) is 22.8. The summed E-state index contributed by atoms with van der Waals surface area (Å²) in [6.07, 6.45) is 6.05. The molecule has 10 heteroatoms. The Morgan fingerprint density at radius 3 is 2.22 bits per heavy atom. The van der Waals surface area contributed by atoms with Crippen LogP contribution < -0.4 is 4.90 Å². The van der Waals surface area contributed by atoms with Gasteiger partial charge in [0.15, 0.2) is 12.3 Å². The van der Waals surface area contributed by atoms with Gasteiger partial charge in [-0.15, -0.1) is 0 Å². The predicted octanol–water partition coefficient (Wildman–Crippen LogP) is 2.75. The second-order valence-corrected chi connectivity index (χ2v) is 9.85. The third-order valence-electron chi connectivity index (χ3n) is 7.01. The number of nitrogens with zero attached hydrogens (tertiary/aromatic N) is 4. The Hall–Kier alpha value is -3.24. The number of anilines is 1. The largest absolute Gasteiger partial charge is 0.454 e. The first-order chi connectivity index (χ1) is 17.4. The molecule has 0 atom stereocenters. The van der Waals surface area contributed by atoms with E-state index >= 15 is 0 Å². The van der Waals surface area contributed by atoms with Gasteiger partial charge in [0.05, 0.1) is 19.0 Å². The van der Waals surface area contributed by atoms with Crippen molar-refractivity contribution in [3.05, 3.63) is 53.8 Å². The number of rotatable bonds is 6. The lowest BCUT2D eigenvalue weighted by Crippen LogP contribution is -2.50. The highest BCUT2D eigenvalue weighted by Crippen LogP contribution is 2.36. The molecule has 1 aromatic rings. The summed E-state index contributed by atoms with van der Waals surface area (Å²) in [5.74, 6) is -1.93. The first-order valence-corrected chi connectivity index (χ1v) is 12.6. The average Bonchev–Trinajstić information content (AvgIpc) is 3.56. The van der Waals surface area contributed by atoms with E-state index in [9.17, 15) is 9.59 Å². The minimum atomic E-state index is -1.33. The van der Waals surface area contributed by atoms with Crippen LogP contribution in [0.3, 0.4) is 0 Å². The van der Waals surface area contributed by atoms with Crippen LogP contribution in [0.4, 0.5) is 5.69 Å². The van der Waals surface area contributed by atoms with Crippen LogP contribution in [0, 0.1) is 0 Å². The molecule has 194 valence electrons. The van der Waals surface area contributed by atoms with Crippen LogP contribution in [-0.2, 0) is 28.6 Å². The lowest BCUT2D eigenvalue weighted by atomic mass is 10.0. The Kier molecular flexibility index (Phi) is 6.81. The molecule has 0 unspecified atom stereocenters. The highest BCUT2D eigenvalue weighted by molar-refractivity contribution is 6.16. The summed E-state index contributed by atoms with van der Waals surface area (Å²) >= 11 is 0. The van der Waals surface area contributed by atoms with Gasteiger partial charge in [0.1, 0.15) is 5.82 Å². The second kappa shape index (κ2) is 10.0. The van der Waals surface area contributed by atoms with Crippen molar-refractivity contribution in [2.75, 3.05) is 44.9 Å². The molecule has 0 N–H and O–H groups in total. The molecule has 0 spiro atoms. The van der Waals surface area contributed by atoms with Gasteiger partial charge in [0.2, 0.25) is 5.88 Å². The van der Waals surface area contributed by atoms with Crippen molar-refractivity contribution in [2.24, 2.45) is 0 Å². The molecule has 4 heterocycles. The van der Waals surface area contributed by atoms with Crippen LogP contribution >= 0.6 is 0 Å². The number of hydrogen-bond donors (Lipinski definition) is 0. The summed E-state index contributed by atoms with van der Waals surface area (Å²) in [6, 6.07) is 10.0. The van der Waals surface area contributed by atoms with Crippen molar-refractivity contribution in [2.45, 2.75) is 51.4 Å². The van der Waals surface area contributed by atoms with Crippen LogP contribution in [-0.4, -0.2) is 78.7 Å². The van der Waals surface area contributed by atoms with Crippen molar-refractivity contribution in [3.63, 3.8) is 0 Å². The van der Waals surface area contributed by atoms with Crippen molar-refractivity contribution >= 4 is 17.6 Å². The molecular weight excluding hydrogens is 464 g/mol. The van der Waals surface area contributed by atoms with E-state index in [1.807, 2.05) is 30.3 Å². The lowest BCUT2D eigenvalue weighted by molar-refractivity contribution is -0.222. The fourth-order valence-corrected chi connectivity index (χ4v) is 5.28. The smallest absolute Gasteiger partial charge is 0.352 e. The number of cyclic esters (lactones) is 2. The molecular formula is C26H34N4O6. The van der Waals surface area contributed by atoms with Crippen LogP contribution in [0.1, 0.15) is 39.5 Å². The molecule has 5 rings (SSSR count). The zero-order valence-corrected chi connectivity index (χ0v) is 21.1. The SMILES string of the molecule is CON1C=C(N(C(=C2C(=O)OC(C)(C)OC2=O)N2CCC(N3CCCC3)CC2)c2ccccc2)OC1. The minimum Gasteiger partial charge on any atom is -0.454 e. The van der Waals surface area contributed by atoms with E-state index in [4.69, 9.17) is 19.0 Å². The molecule has 0 amide bonds. The van der Waals surface area contributed by atoms with E-state index in [-0.39, 0.29) is 12.3 Å². The zero-order valence-electron chi connectivity index (χ0n) is 21.1. The molecule has 1 aromatic carbocycles. The summed E-state index contributed by atoms with van der Waals surface area (Å²) in [6.45, 7) is 6.90. The van der Waals surface area contributed by atoms with Crippen LogP contribution in [0.25, 0.3) is 0 Å². The first kappa shape index (κ1) is 24.5. The van der Waals surface area contributed by atoms with E-state index < -0.39 is 17.7 Å². The molecule has 0 bridgehead atoms.